The number of carbonyl (C=O) groups is 1. The number of amides is 1. The minimum atomic E-state index is -0.631. The van der Waals surface area contributed by atoms with Crippen LogP contribution in [0.5, 0.6) is 0 Å². The number of nitro groups is 1. The van der Waals surface area contributed by atoms with Crippen LogP contribution in [0.4, 0.5) is 5.69 Å². The van der Waals surface area contributed by atoms with E-state index in [2.05, 4.69) is 5.32 Å². The molecule has 0 aromatic heterocycles. The van der Waals surface area contributed by atoms with Gasteiger partial charge >= 0.3 is 5.69 Å². The van der Waals surface area contributed by atoms with Gasteiger partial charge in [0.15, 0.2) is 0 Å². The number of hydrogen-bond donors (Lipinski definition) is 1. The van der Waals surface area contributed by atoms with Crippen LogP contribution in [-0.2, 0) is 0 Å². The van der Waals surface area contributed by atoms with Crippen molar-refractivity contribution < 1.29 is 9.72 Å². The zero-order valence-electron chi connectivity index (χ0n) is 12.6. The summed E-state index contributed by atoms with van der Waals surface area (Å²) >= 11 is 5.82. The van der Waals surface area contributed by atoms with E-state index in [1.54, 1.807) is 0 Å². The molecule has 1 aromatic rings. The van der Waals surface area contributed by atoms with Crippen molar-refractivity contribution in [1.29, 1.82) is 0 Å². The average molecular weight is 314 g/mol. The van der Waals surface area contributed by atoms with Crippen molar-refractivity contribution >= 4 is 23.2 Å². The third-order valence-corrected chi connectivity index (χ3v) is 3.40. The molecule has 0 aliphatic rings. The largest absolute Gasteiger partial charge is 0.348 e. The van der Waals surface area contributed by atoms with E-state index in [0.717, 1.165) is 0 Å². The zero-order chi connectivity index (χ0) is 16.2. The van der Waals surface area contributed by atoms with Crippen molar-refractivity contribution in [3.8, 4) is 0 Å². The summed E-state index contributed by atoms with van der Waals surface area (Å²) in [6.07, 6.45) is 0. The lowest BCUT2D eigenvalue weighted by Gasteiger charge is -2.25. The second-order valence-electron chi connectivity index (χ2n) is 5.48. The molecule has 0 saturated heterocycles. The standard InChI is InChI=1S/C14H20ClN3O3/c1-9(2)12(8-17(3)4)16-14(19)10-6-5-7-11(15)13(10)18(20)21/h5-7,9,12H,8H2,1-4H3,(H,16,19). The summed E-state index contributed by atoms with van der Waals surface area (Å²) in [5.74, 6) is -0.278. The number of nitrogens with one attached hydrogen (secondary N) is 1. The van der Waals surface area contributed by atoms with Crippen molar-refractivity contribution in [1.82, 2.24) is 10.2 Å². The van der Waals surface area contributed by atoms with Crippen molar-refractivity contribution in [2.24, 2.45) is 5.92 Å². The highest BCUT2D eigenvalue weighted by molar-refractivity contribution is 6.33. The van der Waals surface area contributed by atoms with Gasteiger partial charge in [-0.25, -0.2) is 0 Å². The van der Waals surface area contributed by atoms with Gasteiger partial charge in [0.05, 0.1) is 4.92 Å². The fourth-order valence-corrected chi connectivity index (χ4v) is 2.19. The Morgan fingerprint density at radius 2 is 2.05 bits per heavy atom. The molecule has 0 radical (unpaired) electrons. The van der Waals surface area contributed by atoms with Gasteiger partial charge in [-0.3, -0.25) is 14.9 Å². The molecule has 1 unspecified atom stereocenters. The van der Waals surface area contributed by atoms with Crippen LogP contribution in [-0.4, -0.2) is 42.4 Å². The lowest BCUT2D eigenvalue weighted by Crippen LogP contribution is -2.45. The summed E-state index contributed by atoms with van der Waals surface area (Å²) in [5, 5.41) is 13.9. The van der Waals surface area contributed by atoms with E-state index in [9.17, 15) is 14.9 Å². The Bertz CT molecular complexity index is 532. The molecule has 0 spiro atoms. The number of rotatable bonds is 6. The van der Waals surface area contributed by atoms with E-state index in [-0.39, 0.29) is 28.2 Å². The molecule has 1 N–H and O–H groups in total. The molecular weight excluding hydrogens is 294 g/mol. The molecule has 21 heavy (non-hydrogen) atoms. The molecule has 7 heteroatoms. The van der Waals surface area contributed by atoms with E-state index in [0.29, 0.717) is 6.54 Å². The first-order valence-corrected chi connectivity index (χ1v) is 7.00. The van der Waals surface area contributed by atoms with Gasteiger partial charge in [-0.2, -0.15) is 0 Å². The molecule has 0 fully saturated rings. The third-order valence-electron chi connectivity index (χ3n) is 3.10. The van der Waals surface area contributed by atoms with Gasteiger partial charge in [-0.05, 0) is 32.1 Å². The summed E-state index contributed by atoms with van der Waals surface area (Å²) in [7, 11) is 3.81. The number of nitrogens with zero attached hydrogens (tertiary/aromatic N) is 2. The minimum Gasteiger partial charge on any atom is -0.348 e. The van der Waals surface area contributed by atoms with Crippen molar-refractivity contribution in [3.05, 3.63) is 38.9 Å². The molecule has 116 valence electrons. The SMILES string of the molecule is CC(C)C(CN(C)C)NC(=O)c1cccc(Cl)c1[N+](=O)[O-]. The van der Waals surface area contributed by atoms with E-state index in [1.165, 1.54) is 18.2 Å². The lowest BCUT2D eigenvalue weighted by atomic mass is 10.0. The fourth-order valence-electron chi connectivity index (χ4n) is 1.95. The molecule has 0 aliphatic carbocycles. The van der Waals surface area contributed by atoms with E-state index in [1.807, 2.05) is 32.8 Å². The molecule has 1 atom stereocenters. The first-order chi connectivity index (χ1) is 9.73. The monoisotopic (exact) mass is 313 g/mol. The van der Waals surface area contributed by atoms with Crippen LogP contribution in [0.1, 0.15) is 24.2 Å². The Labute approximate surface area is 129 Å². The normalized spacial score (nSPS) is 12.5. The summed E-state index contributed by atoms with van der Waals surface area (Å²) < 4.78 is 0. The first kappa shape index (κ1) is 17.4. The minimum absolute atomic E-state index is 0.0168. The van der Waals surface area contributed by atoms with Gasteiger partial charge < -0.3 is 10.2 Å². The maximum Gasteiger partial charge on any atom is 0.300 e. The number of benzene rings is 1. The molecule has 1 amide bonds. The second kappa shape index (κ2) is 7.38. The Morgan fingerprint density at radius 1 is 1.43 bits per heavy atom. The van der Waals surface area contributed by atoms with E-state index < -0.39 is 10.8 Å². The summed E-state index contributed by atoms with van der Waals surface area (Å²) in [5.41, 5.74) is -0.374. The molecule has 1 rings (SSSR count). The first-order valence-electron chi connectivity index (χ1n) is 6.62. The molecule has 0 heterocycles. The highest BCUT2D eigenvalue weighted by Crippen LogP contribution is 2.28. The molecule has 0 bridgehead atoms. The summed E-state index contributed by atoms with van der Waals surface area (Å²) in [6, 6.07) is 4.23. The number of hydrogen-bond acceptors (Lipinski definition) is 4. The second-order valence-corrected chi connectivity index (χ2v) is 5.89. The van der Waals surface area contributed by atoms with E-state index >= 15 is 0 Å². The third kappa shape index (κ3) is 4.68. The Hall–Kier alpha value is -1.66. The predicted molar refractivity (Wildman–Crippen MR) is 82.8 cm³/mol. The van der Waals surface area contributed by atoms with Gasteiger partial charge in [-0.15, -0.1) is 0 Å². The Balaban J connectivity index is 3.03. The quantitative estimate of drug-likeness (QED) is 0.647. The lowest BCUT2D eigenvalue weighted by molar-refractivity contribution is -0.385. The van der Waals surface area contributed by atoms with Gasteiger partial charge in [0.25, 0.3) is 5.91 Å². The number of carbonyl (C=O) groups excluding carboxylic acids is 1. The van der Waals surface area contributed by atoms with Gasteiger partial charge in [0.2, 0.25) is 0 Å². The van der Waals surface area contributed by atoms with Crippen LogP contribution in [0.2, 0.25) is 5.02 Å². The molecule has 0 saturated carbocycles. The molecular formula is C14H20ClN3O3. The van der Waals surface area contributed by atoms with Crippen molar-refractivity contribution in [3.63, 3.8) is 0 Å². The van der Waals surface area contributed by atoms with Gasteiger partial charge in [0, 0.05) is 12.6 Å². The molecule has 6 nitrogen and oxygen atoms in total. The Morgan fingerprint density at radius 3 is 2.52 bits per heavy atom. The number of likely N-dealkylation sites (N-methyl/N-ethyl adjacent to an activating group) is 1. The van der Waals surface area contributed by atoms with Gasteiger partial charge in [0.1, 0.15) is 10.6 Å². The smallest absolute Gasteiger partial charge is 0.300 e. The predicted octanol–water partition coefficient (Wildman–Crippen LogP) is 2.56. The van der Waals surface area contributed by atoms with Crippen LogP contribution < -0.4 is 5.32 Å². The van der Waals surface area contributed by atoms with Crippen LogP contribution in [0.3, 0.4) is 0 Å². The number of para-hydroxylation sites is 1. The topological polar surface area (TPSA) is 75.5 Å². The maximum atomic E-state index is 12.3. The van der Waals surface area contributed by atoms with E-state index in [4.69, 9.17) is 11.6 Å². The molecule has 1 aromatic carbocycles. The average Bonchev–Trinajstić information content (AvgIpc) is 2.36. The van der Waals surface area contributed by atoms with Crippen LogP contribution in [0.25, 0.3) is 0 Å². The fraction of sp³-hybridized carbons (Fsp3) is 0.500. The Kier molecular flexibility index (Phi) is 6.11. The van der Waals surface area contributed by atoms with Crippen LogP contribution >= 0.6 is 11.6 Å². The van der Waals surface area contributed by atoms with Crippen LogP contribution in [0, 0.1) is 16.0 Å². The summed E-state index contributed by atoms with van der Waals surface area (Å²) in [4.78, 5) is 24.7. The van der Waals surface area contributed by atoms with Crippen molar-refractivity contribution in [2.75, 3.05) is 20.6 Å². The highest BCUT2D eigenvalue weighted by atomic mass is 35.5. The molecule has 0 aliphatic heterocycles. The number of halogens is 1. The summed E-state index contributed by atoms with van der Waals surface area (Å²) in [6.45, 7) is 4.62. The zero-order valence-corrected chi connectivity index (χ0v) is 13.3. The van der Waals surface area contributed by atoms with Crippen molar-refractivity contribution in [2.45, 2.75) is 19.9 Å². The maximum absolute atomic E-state index is 12.3. The van der Waals surface area contributed by atoms with Crippen LogP contribution in [0.15, 0.2) is 18.2 Å². The van der Waals surface area contributed by atoms with Gasteiger partial charge in [-0.1, -0.05) is 31.5 Å². The number of nitro benzene ring substituents is 1. The highest BCUT2D eigenvalue weighted by Gasteiger charge is 2.26.